The normalized spacial score (nSPS) is 10.7. The van der Waals surface area contributed by atoms with Gasteiger partial charge in [-0.25, -0.2) is 0 Å². The van der Waals surface area contributed by atoms with E-state index < -0.39 is 0 Å². The first-order valence-corrected chi connectivity index (χ1v) is 11.7. The molecule has 0 saturated carbocycles. The number of carbonyl (C=O) groups is 1. The van der Waals surface area contributed by atoms with Crippen LogP contribution in [0.25, 0.3) is 22.3 Å². The zero-order chi connectivity index (χ0) is 25.4. The number of methoxy groups -OCH3 is 1. The van der Waals surface area contributed by atoms with Crippen molar-refractivity contribution in [3.05, 3.63) is 53.0 Å². The van der Waals surface area contributed by atoms with Gasteiger partial charge in [-0.05, 0) is 50.1 Å². The Labute approximate surface area is 209 Å². The lowest BCUT2D eigenvalue weighted by atomic mass is 10.1. The number of carbonyl (C=O) groups excluding carboxylic acids is 1. The van der Waals surface area contributed by atoms with Crippen LogP contribution in [0.5, 0.6) is 11.5 Å². The summed E-state index contributed by atoms with van der Waals surface area (Å²) < 4.78 is 15.7. The monoisotopic (exact) mass is 499 g/mol. The Morgan fingerprint density at radius 3 is 2.69 bits per heavy atom. The lowest BCUT2D eigenvalue weighted by Gasteiger charge is -2.12. The smallest absolute Gasteiger partial charge is 0.258 e. The predicted molar refractivity (Wildman–Crippen MR) is 135 cm³/mol. The van der Waals surface area contributed by atoms with Gasteiger partial charge in [-0.3, -0.25) is 9.89 Å². The van der Waals surface area contributed by atoms with Crippen molar-refractivity contribution in [3.8, 4) is 22.9 Å². The second-order valence-electron chi connectivity index (χ2n) is 8.13. The molecule has 0 atom stereocenters. The van der Waals surface area contributed by atoms with E-state index in [9.17, 15) is 4.79 Å². The molecule has 0 aliphatic heterocycles. The summed E-state index contributed by atoms with van der Waals surface area (Å²) in [5.74, 6) is 1.75. The third-order valence-corrected chi connectivity index (χ3v) is 5.36. The minimum absolute atomic E-state index is 0.0712. The number of rotatable bonds is 8. The van der Waals surface area contributed by atoms with Gasteiger partial charge in [-0.1, -0.05) is 36.2 Å². The highest BCUT2D eigenvalue weighted by Gasteiger charge is 2.12. The number of H-pyrrole nitrogens is 1. The van der Waals surface area contributed by atoms with Gasteiger partial charge in [0.15, 0.2) is 18.1 Å². The lowest BCUT2D eigenvalue weighted by molar-refractivity contribution is -0.123. The number of hydrogen-bond donors (Lipinski definition) is 2. The number of aromatic amines is 1. The first-order valence-electron chi connectivity index (χ1n) is 11.3. The number of amides is 1. The van der Waals surface area contributed by atoms with Gasteiger partial charge in [-0.15, -0.1) is 0 Å². The fraction of sp³-hybridized carbons (Fsp3) is 0.360. The van der Waals surface area contributed by atoms with Crippen molar-refractivity contribution >= 4 is 28.4 Å². The molecule has 0 spiro atoms. The van der Waals surface area contributed by atoms with Crippen molar-refractivity contribution in [1.82, 2.24) is 25.7 Å². The van der Waals surface area contributed by atoms with E-state index in [1.54, 1.807) is 31.3 Å². The van der Waals surface area contributed by atoms with E-state index in [4.69, 9.17) is 25.6 Å². The Morgan fingerprint density at radius 1 is 1.23 bits per heavy atom. The molecule has 1 amide bonds. The molecule has 2 aromatic carbocycles. The van der Waals surface area contributed by atoms with Gasteiger partial charge in [0.05, 0.1) is 23.8 Å². The molecule has 4 aromatic rings. The molecule has 10 heteroatoms. The molecule has 35 heavy (non-hydrogen) atoms. The van der Waals surface area contributed by atoms with E-state index >= 15 is 0 Å². The maximum Gasteiger partial charge on any atom is 0.258 e. The zero-order valence-electron chi connectivity index (χ0n) is 20.5. The summed E-state index contributed by atoms with van der Waals surface area (Å²) in [6.45, 7) is 7.57. The average molecular weight is 500 g/mol. The van der Waals surface area contributed by atoms with Gasteiger partial charge < -0.3 is 19.3 Å². The van der Waals surface area contributed by atoms with E-state index in [0.29, 0.717) is 23.2 Å². The molecular formula is C25H30ClN5O4. The summed E-state index contributed by atoms with van der Waals surface area (Å²) in [5, 5.41) is 15.3. The molecule has 0 unspecified atom stereocenters. The molecule has 0 aliphatic carbocycles. The summed E-state index contributed by atoms with van der Waals surface area (Å²) in [6, 6.07) is 9.39. The van der Waals surface area contributed by atoms with E-state index in [1.165, 1.54) is 12.7 Å². The first kappa shape index (κ1) is 26.0. The summed E-state index contributed by atoms with van der Waals surface area (Å²) in [6.07, 6.45) is 3.92. The van der Waals surface area contributed by atoms with Crippen LogP contribution in [0.4, 0.5) is 0 Å². The van der Waals surface area contributed by atoms with Gasteiger partial charge in [-0.2, -0.15) is 10.1 Å². The fourth-order valence-corrected chi connectivity index (χ4v) is 3.65. The molecular weight excluding hydrogens is 470 g/mol. The van der Waals surface area contributed by atoms with Crippen molar-refractivity contribution in [2.24, 2.45) is 0 Å². The third kappa shape index (κ3) is 6.95. The molecule has 2 aromatic heterocycles. The Bertz CT molecular complexity index is 1270. The Hall–Kier alpha value is -3.59. The number of fused-ring (bicyclic) bond motifs is 1. The van der Waals surface area contributed by atoms with Crippen LogP contribution in [-0.4, -0.2) is 46.0 Å². The lowest BCUT2D eigenvalue weighted by Crippen LogP contribution is -2.34. The number of nitrogens with one attached hydrogen (secondary N) is 2. The van der Waals surface area contributed by atoms with Crippen LogP contribution in [0.3, 0.4) is 0 Å². The van der Waals surface area contributed by atoms with Gasteiger partial charge in [0, 0.05) is 23.9 Å². The molecule has 0 fully saturated rings. The average Bonchev–Trinajstić information content (AvgIpc) is 3.49. The van der Waals surface area contributed by atoms with Crippen LogP contribution in [0.1, 0.15) is 38.6 Å². The fourth-order valence-electron chi connectivity index (χ4n) is 3.34. The number of aromatic nitrogens is 4. The van der Waals surface area contributed by atoms with Crippen LogP contribution in [0, 0.1) is 6.92 Å². The standard InChI is InChI=1S/C15H19N3O4.C10H11ClN2/c1-9(2)16-14(19)8-21-12-6-5-11(7-13(12)20-4)15-17-10(3)22-18-15;1-2-3-7-4-5-9-8(10(7)11)6-12-13-9/h5-7,9H,8H2,1-4H3,(H,16,19);4-6H,2-3H2,1H3,(H,12,13). The summed E-state index contributed by atoms with van der Waals surface area (Å²) in [4.78, 5) is 15.8. The molecule has 9 nitrogen and oxygen atoms in total. The number of nitrogens with zero attached hydrogens (tertiary/aromatic N) is 3. The number of hydrogen-bond acceptors (Lipinski definition) is 7. The molecule has 2 N–H and O–H groups in total. The highest BCUT2D eigenvalue weighted by Crippen LogP contribution is 2.31. The number of aryl methyl sites for hydroxylation is 2. The van der Waals surface area contributed by atoms with Gasteiger partial charge >= 0.3 is 0 Å². The Morgan fingerprint density at radius 2 is 2.03 bits per heavy atom. The molecule has 0 aliphatic rings. The van der Waals surface area contributed by atoms with E-state index in [1.807, 2.05) is 19.9 Å². The Balaban J connectivity index is 0.000000223. The third-order valence-electron chi connectivity index (χ3n) is 4.92. The topological polar surface area (TPSA) is 115 Å². The van der Waals surface area contributed by atoms with E-state index in [0.717, 1.165) is 34.3 Å². The molecule has 2 heterocycles. The summed E-state index contributed by atoms with van der Waals surface area (Å²) in [5.41, 5.74) is 2.95. The number of halogens is 1. The minimum atomic E-state index is -0.185. The van der Waals surface area contributed by atoms with E-state index in [-0.39, 0.29) is 18.6 Å². The van der Waals surface area contributed by atoms with Crippen molar-refractivity contribution in [2.75, 3.05) is 13.7 Å². The molecule has 0 radical (unpaired) electrons. The van der Waals surface area contributed by atoms with Crippen LogP contribution in [0.2, 0.25) is 5.02 Å². The molecule has 4 rings (SSSR count). The van der Waals surface area contributed by atoms with Crippen molar-refractivity contribution < 1.29 is 18.8 Å². The number of benzene rings is 2. The van der Waals surface area contributed by atoms with Crippen molar-refractivity contribution in [2.45, 2.75) is 46.6 Å². The predicted octanol–water partition coefficient (Wildman–Crippen LogP) is 5.13. The first-order chi connectivity index (χ1) is 16.8. The quantitative estimate of drug-likeness (QED) is 0.345. The van der Waals surface area contributed by atoms with E-state index in [2.05, 4.69) is 38.6 Å². The van der Waals surface area contributed by atoms with Gasteiger partial charge in [0.1, 0.15) is 0 Å². The van der Waals surface area contributed by atoms with Crippen LogP contribution in [-0.2, 0) is 11.2 Å². The highest BCUT2D eigenvalue weighted by molar-refractivity contribution is 6.36. The summed E-state index contributed by atoms with van der Waals surface area (Å²) in [7, 11) is 1.53. The van der Waals surface area contributed by atoms with Gasteiger partial charge in [0.25, 0.3) is 5.91 Å². The van der Waals surface area contributed by atoms with Crippen LogP contribution < -0.4 is 14.8 Å². The van der Waals surface area contributed by atoms with Crippen LogP contribution in [0.15, 0.2) is 41.1 Å². The Kier molecular flexibility index (Phi) is 9.08. The number of ether oxygens (including phenoxy) is 2. The van der Waals surface area contributed by atoms with Crippen molar-refractivity contribution in [3.63, 3.8) is 0 Å². The second-order valence-corrected chi connectivity index (χ2v) is 8.51. The maximum atomic E-state index is 11.6. The highest BCUT2D eigenvalue weighted by atomic mass is 35.5. The molecule has 0 saturated heterocycles. The zero-order valence-corrected chi connectivity index (χ0v) is 21.3. The van der Waals surface area contributed by atoms with Crippen molar-refractivity contribution in [1.29, 1.82) is 0 Å². The summed E-state index contributed by atoms with van der Waals surface area (Å²) >= 11 is 6.20. The molecule has 186 valence electrons. The maximum absolute atomic E-state index is 11.6. The largest absolute Gasteiger partial charge is 0.493 e. The van der Waals surface area contributed by atoms with Gasteiger partial charge in [0.2, 0.25) is 11.7 Å². The molecule has 0 bridgehead atoms. The SMILES string of the molecule is CCCc1ccc2[nH]ncc2c1Cl.COc1cc(-c2noc(C)n2)ccc1OCC(=O)NC(C)C. The minimum Gasteiger partial charge on any atom is -0.493 e. The van der Waals surface area contributed by atoms with Crippen LogP contribution >= 0.6 is 11.6 Å². The second kappa shape index (κ2) is 12.2.